The van der Waals surface area contributed by atoms with E-state index in [2.05, 4.69) is 4.98 Å². The normalized spacial score (nSPS) is 17.6. The molecule has 3 aromatic rings. The Morgan fingerprint density at radius 2 is 2.10 bits per heavy atom. The Bertz CT molecular complexity index is 815. The van der Waals surface area contributed by atoms with Crippen LogP contribution in [0.5, 0.6) is 0 Å². The van der Waals surface area contributed by atoms with Gasteiger partial charge in [0.2, 0.25) is 0 Å². The van der Waals surface area contributed by atoms with E-state index >= 15 is 0 Å². The third kappa shape index (κ3) is 1.65. The molecule has 0 spiro atoms. The Morgan fingerprint density at radius 1 is 1.25 bits per heavy atom. The summed E-state index contributed by atoms with van der Waals surface area (Å²) < 4.78 is 21.2. The highest BCUT2D eigenvalue weighted by molar-refractivity contribution is 6.31. The minimum atomic E-state index is -0.430. The number of hydrogen-bond donors (Lipinski definition) is 0. The molecule has 1 unspecified atom stereocenters. The lowest BCUT2D eigenvalue weighted by atomic mass is 10.2. The molecule has 100 valence electrons. The molecule has 0 N–H and O–H groups in total. The standard InChI is InChI=1S/C15H10ClFN2O/c16-11-6-5-9(17)7-10(11)15-19-13-4-2-1-3-12(13)18-14(19)8-20-15/h1-7,15H,8H2. The Labute approximate surface area is 119 Å². The van der Waals surface area contributed by atoms with Crippen molar-refractivity contribution in [2.75, 3.05) is 0 Å². The number of fused-ring (bicyclic) bond motifs is 3. The van der Waals surface area contributed by atoms with Crippen molar-refractivity contribution in [2.45, 2.75) is 12.8 Å². The van der Waals surface area contributed by atoms with Crippen LogP contribution in [0.25, 0.3) is 11.0 Å². The minimum Gasteiger partial charge on any atom is -0.346 e. The second-order valence-electron chi connectivity index (χ2n) is 4.72. The first-order valence-electron chi connectivity index (χ1n) is 6.26. The topological polar surface area (TPSA) is 27.1 Å². The lowest BCUT2D eigenvalue weighted by molar-refractivity contribution is 0.0643. The fraction of sp³-hybridized carbons (Fsp3) is 0.133. The molecule has 0 aliphatic carbocycles. The maximum absolute atomic E-state index is 13.5. The molecule has 1 aliphatic rings. The average molecular weight is 289 g/mol. The summed E-state index contributed by atoms with van der Waals surface area (Å²) in [4.78, 5) is 4.52. The van der Waals surface area contributed by atoms with Gasteiger partial charge in [-0.25, -0.2) is 9.37 Å². The van der Waals surface area contributed by atoms with Crippen molar-refractivity contribution in [2.24, 2.45) is 0 Å². The van der Waals surface area contributed by atoms with Gasteiger partial charge in [0.25, 0.3) is 0 Å². The summed E-state index contributed by atoms with van der Waals surface area (Å²) in [6, 6.07) is 12.1. The van der Waals surface area contributed by atoms with Crippen molar-refractivity contribution in [3.63, 3.8) is 0 Å². The molecule has 4 rings (SSSR count). The van der Waals surface area contributed by atoms with E-state index in [0.29, 0.717) is 17.2 Å². The van der Waals surface area contributed by atoms with Crippen LogP contribution in [-0.2, 0) is 11.3 Å². The van der Waals surface area contributed by atoms with E-state index in [0.717, 1.165) is 16.9 Å². The van der Waals surface area contributed by atoms with E-state index in [1.54, 1.807) is 6.07 Å². The molecule has 1 aromatic heterocycles. The van der Waals surface area contributed by atoms with Crippen molar-refractivity contribution >= 4 is 22.6 Å². The van der Waals surface area contributed by atoms with Crippen molar-refractivity contribution in [1.29, 1.82) is 0 Å². The van der Waals surface area contributed by atoms with Crippen LogP contribution in [0.4, 0.5) is 4.39 Å². The van der Waals surface area contributed by atoms with E-state index in [9.17, 15) is 4.39 Å². The highest BCUT2D eigenvalue weighted by Gasteiger charge is 2.29. The lowest BCUT2D eigenvalue weighted by Crippen LogP contribution is -2.08. The number of rotatable bonds is 1. The molecule has 0 radical (unpaired) electrons. The van der Waals surface area contributed by atoms with Gasteiger partial charge < -0.3 is 4.74 Å². The number of imidazole rings is 1. The second kappa shape index (κ2) is 4.30. The van der Waals surface area contributed by atoms with Crippen molar-refractivity contribution in [1.82, 2.24) is 9.55 Å². The van der Waals surface area contributed by atoms with Gasteiger partial charge in [-0.3, -0.25) is 4.57 Å². The molecule has 1 aliphatic heterocycles. The molecule has 0 bridgehead atoms. The smallest absolute Gasteiger partial charge is 0.163 e. The van der Waals surface area contributed by atoms with Gasteiger partial charge in [-0.15, -0.1) is 0 Å². The van der Waals surface area contributed by atoms with Gasteiger partial charge in [-0.2, -0.15) is 0 Å². The number of ether oxygens (including phenoxy) is 1. The number of halogens is 2. The molecular weight excluding hydrogens is 279 g/mol. The monoisotopic (exact) mass is 288 g/mol. The molecule has 2 aromatic carbocycles. The van der Waals surface area contributed by atoms with E-state index < -0.39 is 6.23 Å². The fourth-order valence-corrected chi connectivity index (χ4v) is 2.83. The van der Waals surface area contributed by atoms with Gasteiger partial charge in [0, 0.05) is 10.6 Å². The van der Waals surface area contributed by atoms with Crippen LogP contribution in [0, 0.1) is 5.82 Å². The Hall–Kier alpha value is -1.91. The molecule has 20 heavy (non-hydrogen) atoms. The van der Waals surface area contributed by atoms with Gasteiger partial charge >= 0.3 is 0 Å². The summed E-state index contributed by atoms with van der Waals surface area (Å²) in [5, 5.41) is 0.488. The largest absolute Gasteiger partial charge is 0.346 e. The van der Waals surface area contributed by atoms with Crippen molar-refractivity contribution in [3.8, 4) is 0 Å². The average Bonchev–Trinajstić information content (AvgIpc) is 3.00. The fourth-order valence-electron chi connectivity index (χ4n) is 2.62. The van der Waals surface area contributed by atoms with E-state index in [1.807, 2.05) is 28.8 Å². The third-order valence-corrected chi connectivity index (χ3v) is 3.84. The molecule has 5 heteroatoms. The van der Waals surface area contributed by atoms with Crippen molar-refractivity contribution in [3.05, 3.63) is 64.7 Å². The van der Waals surface area contributed by atoms with Crippen molar-refractivity contribution < 1.29 is 9.13 Å². The Morgan fingerprint density at radius 3 is 3.00 bits per heavy atom. The van der Waals surface area contributed by atoms with Gasteiger partial charge in [0.15, 0.2) is 6.23 Å². The predicted molar refractivity (Wildman–Crippen MR) is 74.1 cm³/mol. The molecule has 2 heterocycles. The van der Waals surface area contributed by atoms with E-state index in [1.165, 1.54) is 12.1 Å². The van der Waals surface area contributed by atoms with Gasteiger partial charge in [-0.05, 0) is 30.3 Å². The summed E-state index contributed by atoms with van der Waals surface area (Å²) in [6.45, 7) is 0.395. The number of hydrogen-bond acceptors (Lipinski definition) is 2. The number of aromatic nitrogens is 2. The highest BCUT2D eigenvalue weighted by atomic mass is 35.5. The third-order valence-electron chi connectivity index (χ3n) is 3.50. The maximum atomic E-state index is 13.5. The zero-order valence-corrected chi connectivity index (χ0v) is 11.1. The van der Waals surface area contributed by atoms with Gasteiger partial charge in [0.1, 0.15) is 18.2 Å². The van der Waals surface area contributed by atoms with Crippen LogP contribution in [0.1, 0.15) is 17.6 Å². The summed E-state index contributed by atoms with van der Waals surface area (Å²) >= 11 is 6.18. The van der Waals surface area contributed by atoms with E-state index in [4.69, 9.17) is 16.3 Å². The number of nitrogens with zero attached hydrogens (tertiary/aromatic N) is 2. The predicted octanol–water partition coefficient (Wildman–Crippen LogP) is 3.91. The quantitative estimate of drug-likeness (QED) is 0.679. The van der Waals surface area contributed by atoms with Crippen LogP contribution in [0.15, 0.2) is 42.5 Å². The summed E-state index contributed by atoms with van der Waals surface area (Å²) in [5.41, 5.74) is 2.49. The molecule has 0 amide bonds. The molecule has 3 nitrogen and oxygen atoms in total. The number of benzene rings is 2. The molecular formula is C15H10ClFN2O. The molecule has 0 fully saturated rings. The highest BCUT2D eigenvalue weighted by Crippen LogP contribution is 2.36. The maximum Gasteiger partial charge on any atom is 0.163 e. The van der Waals surface area contributed by atoms with E-state index in [-0.39, 0.29) is 5.82 Å². The first kappa shape index (κ1) is 11.9. The van der Waals surface area contributed by atoms with Gasteiger partial charge in [-0.1, -0.05) is 23.7 Å². The van der Waals surface area contributed by atoms with Crippen LogP contribution < -0.4 is 0 Å². The molecule has 0 saturated heterocycles. The summed E-state index contributed by atoms with van der Waals surface area (Å²) in [6.07, 6.45) is -0.430. The second-order valence-corrected chi connectivity index (χ2v) is 5.12. The zero-order valence-electron chi connectivity index (χ0n) is 10.4. The molecule has 0 saturated carbocycles. The Kier molecular flexibility index (Phi) is 2.55. The number of para-hydroxylation sites is 2. The van der Waals surface area contributed by atoms with Crippen LogP contribution in [-0.4, -0.2) is 9.55 Å². The molecule has 1 atom stereocenters. The first-order chi connectivity index (χ1) is 9.74. The van der Waals surface area contributed by atoms with Crippen LogP contribution in [0.3, 0.4) is 0 Å². The zero-order chi connectivity index (χ0) is 13.7. The summed E-state index contributed by atoms with van der Waals surface area (Å²) in [5.74, 6) is 0.502. The lowest BCUT2D eigenvalue weighted by Gasteiger charge is -2.15. The Balaban J connectivity index is 1.94. The van der Waals surface area contributed by atoms with Crippen LogP contribution >= 0.6 is 11.6 Å². The summed E-state index contributed by atoms with van der Waals surface area (Å²) in [7, 11) is 0. The van der Waals surface area contributed by atoms with Crippen LogP contribution in [0.2, 0.25) is 5.02 Å². The first-order valence-corrected chi connectivity index (χ1v) is 6.64. The minimum absolute atomic E-state index is 0.328. The van der Waals surface area contributed by atoms with Gasteiger partial charge in [0.05, 0.1) is 11.0 Å². The SMILES string of the molecule is Fc1ccc(Cl)c(C2OCc3nc4ccccc4n32)c1.